The molecule has 2 unspecified atom stereocenters. The third-order valence-electron chi connectivity index (χ3n) is 4.44. The van der Waals surface area contributed by atoms with Crippen LogP contribution in [0.25, 0.3) is 0 Å². The van der Waals surface area contributed by atoms with Gasteiger partial charge in [0.2, 0.25) is 0 Å². The molecule has 5 nitrogen and oxygen atoms in total. The fourth-order valence-corrected chi connectivity index (χ4v) is 2.98. The lowest BCUT2D eigenvalue weighted by atomic mass is 10.0. The molecule has 1 aliphatic rings. The molecule has 0 aromatic carbocycles. The fraction of sp³-hybridized carbons (Fsp3) is 0.941. The number of hydrogen-bond donors (Lipinski definition) is 2. The number of nitrogens with one attached hydrogen (secondary N) is 2. The van der Waals surface area contributed by atoms with Crippen LogP contribution in [0.2, 0.25) is 0 Å². The van der Waals surface area contributed by atoms with E-state index in [1.165, 1.54) is 19.5 Å². The predicted octanol–water partition coefficient (Wildman–Crippen LogP) is 2.56. The SMILES string of the molecule is CCOC(CCNC(=NC)NCC1CCN(CC)C1)C(C)C.I. The highest BCUT2D eigenvalue weighted by molar-refractivity contribution is 14.0. The highest BCUT2D eigenvalue weighted by atomic mass is 127. The number of likely N-dealkylation sites (tertiary alicyclic amines) is 1. The molecular formula is C17H37IN4O. The van der Waals surface area contributed by atoms with Gasteiger partial charge in [-0.15, -0.1) is 24.0 Å². The van der Waals surface area contributed by atoms with Gasteiger partial charge in [0.05, 0.1) is 6.10 Å². The number of ether oxygens (including phenoxy) is 1. The highest BCUT2D eigenvalue weighted by Gasteiger charge is 2.21. The van der Waals surface area contributed by atoms with Crippen LogP contribution in [0, 0.1) is 11.8 Å². The summed E-state index contributed by atoms with van der Waals surface area (Å²) in [5, 5.41) is 6.87. The number of halogens is 1. The molecule has 1 aliphatic heterocycles. The third kappa shape index (κ3) is 9.10. The number of rotatable bonds is 9. The van der Waals surface area contributed by atoms with Gasteiger partial charge in [0.1, 0.15) is 0 Å². The van der Waals surface area contributed by atoms with Crippen molar-refractivity contribution < 1.29 is 4.74 Å². The lowest BCUT2D eigenvalue weighted by Crippen LogP contribution is -2.41. The standard InChI is InChI=1S/C17H36N4O.HI/c1-6-21-11-9-15(13-21)12-20-17(18-5)19-10-8-16(14(3)4)22-7-2;/h14-16H,6-13H2,1-5H3,(H2,18,19,20);1H. The second-order valence-electron chi connectivity index (χ2n) is 6.45. The number of hydrogen-bond acceptors (Lipinski definition) is 3. The molecule has 1 heterocycles. The Kier molecular flexibility index (Phi) is 13.2. The van der Waals surface area contributed by atoms with Crippen molar-refractivity contribution in [2.24, 2.45) is 16.8 Å². The molecule has 0 saturated carbocycles. The monoisotopic (exact) mass is 440 g/mol. The Labute approximate surface area is 160 Å². The molecule has 138 valence electrons. The fourth-order valence-electron chi connectivity index (χ4n) is 2.98. The minimum absolute atomic E-state index is 0. The van der Waals surface area contributed by atoms with Crippen molar-refractivity contribution in [3.05, 3.63) is 0 Å². The molecular weight excluding hydrogens is 403 g/mol. The molecule has 1 fully saturated rings. The lowest BCUT2D eigenvalue weighted by Gasteiger charge is -2.22. The van der Waals surface area contributed by atoms with Crippen LogP contribution in [0.3, 0.4) is 0 Å². The number of nitrogens with zero attached hydrogens (tertiary/aromatic N) is 2. The van der Waals surface area contributed by atoms with E-state index >= 15 is 0 Å². The van der Waals surface area contributed by atoms with Crippen LogP contribution in [0.1, 0.15) is 40.5 Å². The van der Waals surface area contributed by atoms with Crippen LogP contribution in [0.4, 0.5) is 0 Å². The van der Waals surface area contributed by atoms with Crippen LogP contribution >= 0.6 is 24.0 Å². The summed E-state index contributed by atoms with van der Waals surface area (Å²) < 4.78 is 5.78. The van der Waals surface area contributed by atoms with E-state index in [1.54, 1.807) is 0 Å². The van der Waals surface area contributed by atoms with Gasteiger partial charge in [-0.05, 0) is 44.7 Å². The zero-order valence-electron chi connectivity index (χ0n) is 15.6. The Morgan fingerprint density at radius 1 is 1.30 bits per heavy atom. The van der Waals surface area contributed by atoms with Crippen LogP contribution in [-0.2, 0) is 4.74 Å². The summed E-state index contributed by atoms with van der Waals surface area (Å²) in [6, 6.07) is 0. The van der Waals surface area contributed by atoms with Crippen molar-refractivity contribution in [1.82, 2.24) is 15.5 Å². The molecule has 0 bridgehead atoms. The Hall–Kier alpha value is -0.0800. The summed E-state index contributed by atoms with van der Waals surface area (Å²) in [5.41, 5.74) is 0. The molecule has 1 rings (SSSR count). The minimum atomic E-state index is 0. The smallest absolute Gasteiger partial charge is 0.190 e. The number of aliphatic imine (C=N–C) groups is 1. The van der Waals surface area contributed by atoms with Crippen molar-refractivity contribution in [2.45, 2.75) is 46.6 Å². The van der Waals surface area contributed by atoms with E-state index in [0.717, 1.165) is 44.5 Å². The number of guanidine groups is 1. The van der Waals surface area contributed by atoms with Gasteiger partial charge in [0.15, 0.2) is 5.96 Å². The van der Waals surface area contributed by atoms with Crippen molar-refractivity contribution in [3.63, 3.8) is 0 Å². The summed E-state index contributed by atoms with van der Waals surface area (Å²) in [6.07, 6.45) is 2.63. The maximum atomic E-state index is 5.78. The van der Waals surface area contributed by atoms with Crippen LogP contribution in [0.5, 0.6) is 0 Å². The first-order valence-electron chi connectivity index (χ1n) is 8.89. The quantitative estimate of drug-likeness (QED) is 0.329. The van der Waals surface area contributed by atoms with E-state index in [0.29, 0.717) is 12.0 Å². The van der Waals surface area contributed by atoms with Crippen molar-refractivity contribution in [2.75, 3.05) is 46.4 Å². The molecule has 2 N–H and O–H groups in total. The summed E-state index contributed by atoms with van der Waals surface area (Å²) in [6.45, 7) is 15.0. The topological polar surface area (TPSA) is 48.9 Å². The molecule has 0 amide bonds. The normalized spacial score (nSPS) is 20.4. The molecule has 0 aromatic heterocycles. The van der Waals surface area contributed by atoms with Gasteiger partial charge in [-0.2, -0.15) is 0 Å². The summed E-state index contributed by atoms with van der Waals surface area (Å²) >= 11 is 0. The Bertz CT molecular complexity index is 326. The van der Waals surface area contributed by atoms with Crippen molar-refractivity contribution in [3.8, 4) is 0 Å². The Morgan fingerprint density at radius 2 is 2.04 bits per heavy atom. The average molecular weight is 440 g/mol. The van der Waals surface area contributed by atoms with Gasteiger partial charge in [-0.25, -0.2) is 0 Å². The Balaban J connectivity index is 0.00000484. The molecule has 0 spiro atoms. The maximum Gasteiger partial charge on any atom is 0.190 e. The van der Waals surface area contributed by atoms with E-state index in [-0.39, 0.29) is 24.0 Å². The van der Waals surface area contributed by atoms with Gasteiger partial charge in [0.25, 0.3) is 0 Å². The van der Waals surface area contributed by atoms with Crippen LogP contribution in [-0.4, -0.2) is 63.3 Å². The molecule has 0 aliphatic carbocycles. The lowest BCUT2D eigenvalue weighted by molar-refractivity contribution is 0.0258. The molecule has 6 heteroatoms. The molecule has 23 heavy (non-hydrogen) atoms. The molecule has 0 radical (unpaired) electrons. The predicted molar refractivity (Wildman–Crippen MR) is 110 cm³/mol. The van der Waals surface area contributed by atoms with Crippen LogP contribution in [0.15, 0.2) is 4.99 Å². The van der Waals surface area contributed by atoms with E-state index in [2.05, 4.69) is 48.2 Å². The van der Waals surface area contributed by atoms with E-state index in [9.17, 15) is 0 Å². The summed E-state index contributed by atoms with van der Waals surface area (Å²) in [5.74, 6) is 2.20. The first-order valence-corrected chi connectivity index (χ1v) is 8.89. The third-order valence-corrected chi connectivity index (χ3v) is 4.44. The molecule has 2 atom stereocenters. The first-order chi connectivity index (χ1) is 10.6. The van der Waals surface area contributed by atoms with Crippen molar-refractivity contribution in [1.29, 1.82) is 0 Å². The average Bonchev–Trinajstić information content (AvgIpc) is 2.97. The molecule has 1 saturated heterocycles. The van der Waals surface area contributed by atoms with Gasteiger partial charge < -0.3 is 20.3 Å². The first kappa shape index (κ1) is 22.9. The maximum absolute atomic E-state index is 5.78. The van der Waals surface area contributed by atoms with Gasteiger partial charge in [-0.3, -0.25) is 4.99 Å². The zero-order valence-corrected chi connectivity index (χ0v) is 17.9. The van der Waals surface area contributed by atoms with Gasteiger partial charge in [0, 0.05) is 33.3 Å². The second-order valence-corrected chi connectivity index (χ2v) is 6.45. The highest BCUT2D eigenvalue weighted by Crippen LogP contribution is 2.14. The van der Waals surface area contributed by atoms with E-state index < -0.39 is 0 Å². The minimum Gasteiger partial charge on any atom is -0.378 e. The van der Waals surface area contributed by atoms with Crippen molar-refractivity contribution >= 4 is 29.9 Å². The van der Waals surface area contributed by atoms with Gasteiger partial charge in [-0.1, -0.05) is 20.8 Å². The van der Waals surface area contributed by atoms with E-state index in [1.807, 2.05) is 7.05 Å². The molecule has 0 aromatic rings. The van der Waals surface area contributed by atoms with Gasteiger partial charge >= 0.3 is 0 Å². The summed E-state index contributed by atoms with van der Waals surface area (Å²) in [7, 11) is 1.84. The Morgan fingerprint density at radius 3 is 2.57 bits per heavy atom. The van der Waals surface area contributed by atoms with E-state index in [4.69, 9.17) is 4.74 Å². The largest absolute Gasteiger partial charge is 0.378 e. The zero-order chi connectivity index (χ0) is 16.4. The summed E-state index contributed by atoms with van der Waals surface area (Å²) in [4.78, 5) is 6.83. The second kappa shape index (κ2) is 13.2. The van der Waals surface area contributed by atoms with Crippen LogP contribution < -0.4 is 10.6 Å².